The minimum Gasteiger partial charge on any atom is -0.458 e. The fourth-order valence-electron chi connectivity index (χ4n) is 8.38. The average molecular weight is 391 g/mol. The van der Waals surface area contributed by atoms with Crippen LogP contribution in [0.15, 0.2) is 11.6 Å². The van der Waals surface area contributed by atoms with Crippen molar-refractivity contribution in [2.75, 3.05) is 6.61 Å². The van der Waals surface area contributed by atoms with Gasteiger partial charge < -0.3 is 20.1 Å². The molecule has 8 atom stereocenters. The first-order valence-electron chi connectivity index (χ1n) is 11.1. The molecule has 0 aromatic heterocycles. The molecular weight excluding hydrogens is 356 g/mol. The van der Waals surface area contributed by atoms with Crippen LogP contribution in [0.2, 0.25) is 0 Å². The number of ether oxygens (including phenoxy) is 1. The SMILES string of the molecule is C[C@]12CC[C@H](O)C[C@@]1(O)CC[C@@H]1[C@H]2CC[C@]2(C)[C@H](C3=CC(=O)OC3)CC[C@]12O. The first kappa shape index (κ1) is 19.1. The first-order valence-corrected chi connectivity index (χ1v) is 11.1. The lowest BCUT2D eigenvalue weighted by Gasteiger charge is -2.66. The van der Waals surface area contributed by atoms with Gasteiger partial charge in [0.05, 0.1) is 17.3 Å². The first-order chi connectivity index (χ1) is 13.1. The van der Waals surface area contributed by atoms with Crippen LogP contribution >= 0.6 is 0 Å². The lowest BCUT2D eigenvalue weighted by atomic mass is 9.42. The summed E-state index contributed by atoms with van der Waals surface area (Å²) in [4.78, 5) is 11.6. The Kier molecular flexibility index (Phi) is 3.97. The molecule has 1 aliphatic heterocycles. The molecule has 28 heavy (non-hydrogen) atoms. The number of cyclic esters (lactones) is 1. The van der Waals surface area contributed by atoms with Gasteiger partial charge in [-0.3, -0.25) is 0 Å². The highest BCUT2D eigenvalue weighted by Gasteiger charge is 2.70. The van der Waals surface area contributed by atoms with Crippen molar-refractivity contribution in [3.05, 3.63) is 11.6 Å². The van der Waals surface area contributed by atoms with Crippen LogP contribution in [-0.4, -0.2) is 45.2 Å². The maximum absolute atomic E-state index is 12.1. The second-order valence-electron chi connectivity index (χ2n) is 10.9. The van der Waals surface area contributed by atoms with Crippen molar-refractivity contribution in [3.63, 3.8) is 0 Å². The van der Waals surface area contributed by atoms with Crippen LogP contribution in [0.25, 0.3) is 0 Å². The summed E-state index contributed by atoms with van der Waals surface area (Å²) >= 11 is 0. The molecule has 4 aliphatic carbocycles. The number of hydrogen-bond donors (Lipinski definition) is 3. The lowest BCUT2D eigenvalue weighted by Crippen LogP contribution is -2.67. The number of carbonyl (C=O) groups excluding carboxylic acids is 1. The van der Waals surface area contributed by atoms with E-state index < -0.39 is 17.3 Å². The minimum atomic E-state index is -0.817. The van der Waals surface area contributed by atoms with E-state index in [1.165, 1.54) is 0 Å². The van der Waals surface area contributed by atoms with Crippen LogP contribution in [0.1, 0.15) is 71.6 Å². The highest BCUT2D eigenvalue weighted by molar-refractivity contribution is 5.85. The molecule has 0 bridgehead atoms. The van der Waals surface area contributed by atoms with Gasteiger partial charge >= 0.3 is 5.97 Å². The highest BCUT2D eigenvalue weighted by Crippen LogP contribution is 2.70. The van der Waals surface area contributed by atoms with Gasteiger partial charge in [0.25, 0.3) is 0 Å². The summed E-state index contributed by atoms with van der Waals surface area (Å²) in [6.07, 6.45) is 8.33. The Morgan fingerprint density at radius 3 is 2.39 bits per heavy atom. The molecule has 3 N–H and O–H groups in total. The molecule has 5 rings (SSSR count). The summed E-state index contributed by atoms with van der Waals surface area (Å²) in [7, 11) is 0. The van der Waals surface area contributed by atoms with Gasteiger partial charge in [0.15, 0.2) is 0 Å². The van der Waals surface area contributed by atoms with E-state index in [4.69, 9.17) is 4.74 Å². The van der Waals surface area contributed by atoms with E-state index in [1.54, 1.807) is 6.08 Å². The molecule has 4 fully saturated rings. The average Bonchev–Trinajstić information content (AvgIpc) is 3.17. The largest absolute Gasteiger partial charge is 0.458 e. The van der Waals surface area contributed by atoms with Crippen LogP contribution in [0.3, 0.4) is 0 Å². The Morgan fingerprint density at radius 1 is 0.964 bits per heavy atom. The predicted molar refractivity (Wildman–Crippen MR) is 103 cm³/mol. The van der Waals surface area contributed by atoms with E-state index in [1.807, 2.05) is 0 Å². The van der Waals surface area contributed by atoms with Gasteiger partial charge in [-0.05, 0) is 80.1 Å². The van der Waals surface area contributed by atoms with Crippen LogP contribution in [0, 0.1) is 28.6 Å². The normalized spacial score (nSPS) is 55.8. The Morgan fingerprint density at radius 2 is 1.68 bits per heavy atom. The number of aliphatic hydroxyl groups is 3. The van der Waals surface area contributed by atoms with E-state index >= 15 is 0 Å². The maximum atomic E-state index is 12.1. The van der Waals surface area contributed by atoms with Crippen molar-refractivity contribution in [1.82, 2.24) is 0 Å². The summed E-state index contributed by atoms with van der Waals surface area (Å²) in [5.41, 5.74) is -0.999. The van der Waals surface area contributed by atoms with Gasteiger partial charge in [-0.2, -0.15) is 0 Å². The van der Waals surface area contributed by atoms with Crippen molar-refractivity contribution in [2.45, 2.75) is 88.9 Å². The molecule has 156 valence electrons. The number of fused-ring (bicyclic) bond motifs is 5. The van der Waals surface area contributed by atoms with Gasteiger partial charge in [-0.15, -0.1) is 0 Å². The van der Waals surface area contributed by atoms with Crippen molar-refractivity contribution >= 4 is 5.97 Å². The molecule has 1 heterocycles. The van der Waals surface area contributed by atoms with Gasteiger partial charge in [0.1, 0.15) is 6.61 Å². The smallest absolute Gasteiger partial charge is 0.331 e. The van der Waals surface area contributed by atoms with E-state index in [9.17, 15) is 20.1 Å². The number of rotatable bonds is 1. The summed E-state index contributed by atoms with van der Waals surface area (Å²) in [6.45, 7) is 4.80. The summed E-state index contributed by atoms with van der Waals surface area (Å²) in [6, 6.07) is 0. The van der Waals surface area contributed by atoms with Gasteiger partial charge in [0, 0.05) is 17.9 Å². The molecule has 0 unspecified atom stereocenters. The van der Waals surface area contributed by atoms with Gasteiger partial charge in [-0.1, -0.05) is 13.8 Å². The van der Waals surface area contributed by atoms with Gasteiger partial charge in [0.2, 0.25) is 0 Å². The summed E-state index contributed by atoms with van der Waals surface area (Å²) in [5.74, 6) is 0.409. The zero-order chi connectivity index (χ0) is 19.9. The van der Waals surface area contributed by atoms with E-state index in [2.05, 4.69) is 13.8 Å². The fourth-order valence-corrected chi connectivity index (χ4v) is 8.38. The molecule has 0 saturated heterocycles. The lowest BCUT2D eigenvalue weighted by molar-refractivity contribution is -0.254. The Labute approximate surface area is 167 Å². The number of hydrogen-bond acceptors (Lipinski definition) is 5. The standard InChI is InChI=1S/C23H34O5/c1-20-7-3-15(24)12-22(20,26)9-5-18-17(20)4-8-21(2)16(6-10-23(18,21)27)14-11-19(25)28-13-14/h11,15-18,24,26-27H,3-10,12-13H2,1-2H3/t15-,16-,17+,18+,20+,21+,22-,23-/m0/s1. The maximum Gasteiger partial charge on any atom is 0.331 e. The summed E-state index contributed by atoms with van der Waals surface area (Å²) < 4.78 is 5.18. The Bertz CT molecular complexity index is 733. The van der Waals surface area contributed by atoms with E-state index in [0.717, 1.165) is 50.5 Å². The van der Waals surface area contributed by atoms with Crippen molar-refractivity contribution in [2.24, 2.45) is 28.6 Å². The third-order valence-electron chi connectivity index (χ3n) is 10.1. The molecule has 5 heteroatoms. The predicted octanol–water partition coefficient (Wildman–Crippen LogP) is 2.72. The van der Waals surface area contributed by atoms with Crippen LogP contribution in [0.5, 0.6) is 0 Å². The minimum absolute atomic E-state index is 0.176. The van der Waals surface area contributed by atoms with E-state index in [-0.39, 0.29) is 34.6 Å². The topological polar surface area (TPSA) is 87.0 Å². The Balaban J connectivity index is 1.49. The third kappa shape index (κ3) is 2.21. The quantitative estimate of drug-likeness (QED) is 0.599. The number of carbonyl (C=O) groups is 1. The molecule has 5 nitrogen and oxygen atoms in total. The monoisotopic (exact) mass is 390 g/mol. The molecule has 5 aliphatic rings. The Hall–Kier alpha value is -0.910. The van der Waals surface area contributed by atoms with Crippen molar-refractivity contribution in [3.8, 4) is 0 Å². The summed E-state index contributed by atoms with van der Waals surface area (Å²) in [5, 5.41) is 33.8. The van der Waals surface area contributed by atoms with Crippen molar-refractivity contribution < 1.29 is 24.9 Å². The fraction of sp³-hybridized carbons (Fsp3) is 0.870. The second kappa shape index (κ2) is 5.83. The van der Waals surface area contributed by atoms with Crippen LogP contribution < -0.4 is 0 Å². The van der Waals surface area contributed by atoms with Crippen LogP contribution in [-0.2, 0) is 9.53 Å². The van der Waals surface area contributed by atoms with Crippen molar-refractivity contribution in [1.29, 1.82) is 0 Å². The zero-order valence-corrected chi connectivity index (χ0v) is 17.1. The molecule has 0 radical (unpaired) electrons. The number of aliphatic hydroxyl groups excluding tert-OH is 1. The number of esters is 1. The second-order valence-corrected chi connectivity index (χ2v) is 10.9. The van der Waals surface area contributed by atoms with E-state index in [0.29, 0.717) is 19.4 Å². The molecule has 4 saturated carbocycles. The van der Waals surface area contributed by atoms with Gasteiger partial charge in [-0.25, -0.2) is 4.79 Å². The zero-order valence-electron chi connectivity index (χ0n) is 17.1. The van der Waals surface area contributed by atoms with Crippen LogP contribution in [0.4, 0.5) is 0 Å². The molecule has 0 aromatic rings. The molecule has 0 spiro atoms. The molecular formula is C23H34O5. The highest BCUT2D eigenvalue weighted by atomic mass is 16.5. The molecule has 0 aromatic carbocycles. The third-order valence-corrected chi connectivity index (χ3v) is 10.1. The molecule has 0 amide bonds.